The van der Waals surface area contributed by atoms with Crippen LogP contribution in [-0.2, 0) is 16.6 Å². The Labute approximate surface area is 132 Å². The maximum atomic E-state index is 12.9. The van der Waals surface area contributed by atoms with Crippen molar-refractivity contribution in [1.82, 2.24) is 0 Å². The van der Waals surface area contributed by atoms with E-state index in [9.17, 15) is 9.59 Å². The molecule has 0 fully saturated rings. The van der Waals surface area contributed by atoms with Crippen molar-refractivity contribution in [3.63, 3.8) is 0 Å². The summed E-state index contributed by atoms with van der Waals surface area (Å²) in [5.74, 6) is -0.383. The highest BCUT2D eigenvalue weighted by atomic mass is 32.1. The fourth-order valence-corrected chi connectivity index (χ4v) is 3.93. The van der Waals surface area contributed by atoms with E-state index in [0.29, 0.717) is 12.2 Å². The smallest absolute Gasteiger partial charge is 0.341 e. The molecule has 0 amide bonds. The summed E-state index contributed by atoms with van der Waals surface area (Å²) in [6.07, 6.45) is 0.618. The lowest BCUT2D eigenvalue weighted by atomic mass is 9.84. The van der Waals surface area contributed by atoms with Crippen molar-refractivity contribution in [2.24, 2.45) is 0 Å². The van der Waals surface area contributed by atoms with Crippen molar-refractivity contribution < 1.29 is 19.4 Å². The van der Waals surface area contributed by atoms with Crippen LogP contribution in [-0.4, -0.2) is 23.5 Å². The summed E-state index contributed by atoms with van der Waals surface area (Å²) in [7, 11) is 0. The van der Waals surface area contributed by atoms with Gasteiger partial charge in [-0.2, -0.15) is 0 Å². The minimum atomic E-state index is -1.02. The number of aryl methyl sites for hydroxylation is 1. The Morgan fingerprint density at radius 2 is 2.23 bits per heavy atom. The normalized spacial score (nSPS) is 20.0. The maximum Gasteiger partial charge on any atom is 0.341 e. The van der Waals surface area contributed by atoms with Crippen molar-refractivity contribution >= 4 is 23.1 Å². The first kappa shape index (κ1) is 14.8. The third kappa shape index (κ3) is 2.31. The van der Waals surface area contributed by atoms with Crippen LogP contribution in [0.25, 0.3) is 0 Å². The van der Waals surface area contributed by atoms with E-state index in [4.69, 9.17) is 9.84 Å². The van der Waals surface area contributed by atoms with Crippen LogP contribution in [0, 0.1) is 6.92 Å². The molecule has 1 atom stereocenters. The Morgan fingerprint density at radius 3 is 2.86 bits per heavy atom. The summed E-state index contributed by atoms with van der Waals surface area (Å²) in [5, 5.41) is 10.7. The average molecular weight is 316 g/mol. The Balaban J connectivity index is 1.98. The quantitative estimate of drug-likeness (QED) is 0.940. The van der Waals surface area contributed by atoms with Crippen LogP contribution in [0.5, 0.6) is 5.75 Å². The number of hydrogen-bond donors (Lipinski definition) is 1. The number of ketones is 1. The van der Waals surface area contributed by atoms with Gasteiger partial charge in [-0.3, -0.25) is 4.79 Å². The molecule has 0 aliphatic heterocycles. The second-order valence-corrected chi connectivity index (χ2v) is 6.72. The summed E-state index contributed by atoms with van der Waals surface area (Å²) in [4.78, 5) is 24.6. The number of Topliss-reactive ketones (excluding diaryl/α,β-unsaturated/α-hetero) is 1. The second-order valence-electron chi connectivity index (χ2n) is 5.77. The number of carboxylic acids is 1. The van der Waals surface area contributed by atoms with Gasteiger partial charge in [0.25, 0.3) is 0 Å². The van der Waals surface area contributed by atoms with E-state index in [1.165, 1.54) is 0 Å². The van der Waals surface area contributed by atoms with Crippen molar-refractivity contribution in [1.29, 1.82) is 0 Å². The van der Waals surface area contributed by atoms with E-state index in [2.05, 4.69) is 0 Å². The third-order valence-electron chi connectivity index (χ3n) is 4.09. The molecule has 2 aromatic rings. The van der Waals surface area contributed by atoms with E-state index >= 15 is 0 Å². The molecule has 3 rings (SSSR count). The van der Waals surface area contributed by atoms with Crippen LogP contribution in [0.4, 0.5) is 0 Å². The number of ether oxygens (including phenoxy) is 1. The van der Waals surface area contributed by atoms with E-state index in [0.717, 1.165) is 21.6 Å². The van der Waals surface area contributed by atoms with Gasteiger partial charge in [0.05, 0.1) is 5.41 Å². The minimum Gasteiger partial charge on any atom is -0.482 e. The molecule has 1 heterocycles. The van der Waals surface area contributed by atoms with Crippen molar-refractivity contribution in [2.75, 3.05) is 6.61 Å². The van der Waals surface area contributed by atoms with Gasteiger partial charge in [-0.25, -0.2) is 4.79 Å². The standard InChI is InChI=1S/C17H16O4S/c1-10-6-12(21-9-14(18)19)7-11-8-17(2,16(20)15(10)11)13-4-3-5-22-13/h3-7H,8-9H2,1-2H3,(H,18,19). The highest BCUT2D eigenvalue weighted by molar-refractivity contribution is 7.10. The molecule has 1 aliphatic rings. The Bertz CT molecular complexity index is 748. The monoisotopic (exact) mass is 316 g/mol. The van der Waals surface area contributed by atoms with Gasteiger partial charge in [0.15, 0.2) is 12.4 Å². The lowest BCUT2D eigenvalue weighted by Gasteiger charge is -2.20. The molecule has 4 nitrogen and oxygen atoms in total. The number of hydrogen-bond acceptors (Lipinski definition) is 4. The summed E-state index contributed by atoms with van der Waals surface area (Å²) in [5.41, 5.74) is 1.98. The molecular weight excluding hydrogens is 300 g/mol. The SMILES string of the molecule is Cc1cc(OCC(=O)O)cc2c1C(=O)C(C)(c1cccs1)C2. The molecule has 5 heteroatoms. The molecule has 0 radical (unpaired) electrons. The fourth-order valence-electron chi connectivity index (χ4n) is 3.05. The number of carbonyl (C=O) groups is 2. The van der Waals surface area contributed by atoms with E-state index in [1.807, 2.05) is 31.4 Å². The van der Waals surface area contributed by atoms with Crippen LogP contribution in [0.2, 0.25) is 0 Å². The van der Waals surface area contributed by atoms with Crippen molar-refractivity contribution in [3.8, 4) is 5.75 Å². The van der Waals surface area contributed by atoms with Crippen LogP contribution < -0.4 is 4.74 Å². The molecule has 0 spiro atoms. The van der Waals surface area contributed by atoms with Crippen LogP contribution in [0.15, 0.2) is 29.6 Å². The molecular formula is C17H16O4S. The molecule has 0 saturated carbocycles. The Hall–Kier alpha value is -2.14. The van der Waals surface area contributed by atoms with E-state index in [1.54, 1.807) is 23.5 Å². The van der Waals surface area contributed by atoms with E-state index in [-0.39, 0.29) is 12.4 Å². The molecule has 1 aliphatic carbocycles. The summed E-state index contributed by atoms with van der Waals surface area (Å²) >= 11 is 1.59. The predicted octanol–water partition coefficient (Wildman–Crippen LogP) is 3.22. The molecule has 114 valence electrons. The van der Waals surface area contributed by atoms with Crippen LogP contribution in [0.3, 0.4) is 0 Å². The fraction of sp³-hybridized carbons (Fsp3) is 0.294. The first-order chi connectivity index (χ1) is 10.4. The molecule has 1 unspecified atom stereocenters. The molecule has 22 heavy (non-hydrogen) atoms. The average Bonchev–Trinajstić information content (AvgIpc) is 3.05. The first-order valence-corrected chi connectivity index (χ1v) is 7.86. The zero-order chi connectivity index (χ0) is 15.9. The van der Waals surface area contributed by atoms with Crippen molar-refractivity contribution in [3.05, 3.63) is 51.2 Å². The number of fused-ring (bicyclic) bond motifs is 1. The first-order valence-electron chi connectivity index (χ1n) is 6.99. The lowest BCUT2D eigenvalue weighted by Crippen LogP contribution is -2.28. The van der Waals surface area contributed by atoms with Gasteiger partial charge in [0, 0.05) is 10.4 Å². The van der Waals surface area contributed by atoms with Gasteiger partial charge in [-0.1, -0.05) is 6.07 Å². The van der Waals surface area contributed by atoms with Gasteiger partial charge in [-0.05, 0) is 55.0 Å². The van der Waals surface area contributed by atoms with Gasteiger partial charge < -0.3 is 9.84 Å². The topological polar surface area (TPSA) is 63.6 Å². The molecule has 0 bridgehead atoms. The minimum absolute atomic E-state index is 0.132. The number of benzene rings is 1. The zero-order valence-corrected chi connectivity index (χ0v) is 13.2. The van der Waals surface area contributed by atoms with Gasteiger partial charge in [-0.15, -0.1) is 11.3 Å². The van der Waals surface area contributed by atoms with Gasteiger partial charge in [0.1, 0.15) is 5.75 Å². The largest absolute Gasteiger partial charge is 0.482 e. The predicted molar refractivity (Wildman–Crippen MR) is 84.0 cm³/mol. The highest BCUT2D eigenvalue weighted by Crippen LogP contribution is 2.43. The van der Waals surface area contributed by atoms with Crippen LogP contribution >= 0.6 is 11.3 Å². The Kier molecular flexibility index (Phi) is 3.53. The number of aliphatic carboxylic acids is 1. The number of thiophene rings is 1. The second kappa shape index (κ2) is 5.25. The third-order valence-corrected chi connectivity index (χ3v) is 5.22. The summed E-state index contributed by atoms with van der Waals surface area (Å²) in [6.45, 7) is 3.46. The highest BCUT2D eigenvalue weighted by Gasteiger charge is 2.44. The van der Waals surface area contributed by atoms with Crippen LogP contribution in [0.1, 0.15) is 33.3 Å². The van der Waals surface area contributed by atoms with Gasteiger partial charge in [0.2, 0.25) is 0 Å². The van der Waals surface area contributed by atoms with Gasteiger partial charge >= 0.3 is 5.97 Å². The maximum absolute atomic E-state index is 12.9. The molecule has 1 aromatic carbocycles. The molecule has 0 saturated heterocycles. The summed E-state index contributed by atoms with van der Waals surface area (Å²) in [6, 6.07) is 7.48. The van der Waals surface area contributed by atoms with E-state index < -0.39 is 11.4 Å². The molecule has 1 aromatic heterocycles. The Morgan fingerprint density at radius 1 is 1.45 bits per heavy atom. The molecule has 1 N–H and O–H groups in total. The summed E-state index contributed by atoms with van der Waals surface area (Å²) < 4.78 is 5.26. The number of carboxylic acid groups (broad SMARTS) is 1. The number of carbonyl (C=O) groups excluding carboxylic acids is 1. The lowest BCUT2D eigenvalue weighted by molar-refractivity contribution is -0.139. The zero-order valence-electron chi connectivity index (χ0n) is 12.4. The number of rotatable bonds is 4. The van der Waals surface area contributed by atoms with Crippen molar-refractivity contribution in [2.45, 2.75) is 25.7 Å².